The fourth-order valence-corrected chi connectivity index (χ4v) is 3.91. The van der Waals surface area contributed by atoms with Gasteiger partial charge in [-0.25, -0.2) is 4.39 Å². The molecule has 1 heterocycles. The molecular weight excluding hydrogens is 329 g/mol. The predicted molar refractivity (Wildman–Crippen MR) is 86.1 cm³/mol. The van der Waals surface area contributed by atoms with Crippen molar-refractivity contribution in [3.63, 3.8) is 0 Å². The molecule has 0 radical (unpaired) electrons. The molecule has 1 aromatic carbocycles. The zero-order chi connectivity index (χ0) is 16.0. The second-order valence-corrected chi connectivity index (χ2v) is 6.78. The van der Waals surface area contributed by atoms with Crippen molar-refractivity contribution in [1.82, 2.24) is 5.32 Å². The van der Waals surface area contributed by atoms with E-state index in [-0.39, 0.29) is 30.3 Å². The lowest BCUT2D eigenvalue weighted by Gasteiger charge is -2.37. The van der Waals surface area contributed by atoms with Crippen LogP contribution in [0, 0.1) is 5.82 Å². The van der Waals surface area contributed by atoms with Gasteiger partial charge in [0, 0.05) is 6.54 Å². The molecule has 2 N–H and O–H groups in total. The molecule has 0 unspecified atom stereocenters. The quantitative estimate of drug-likeness (QED) is 0.830. The standard InChI is InChI=1S/C15H19ClFNO3S/c16-11-2-1-3-12(17)13(11)14(20)18-10-15(21-7-6-19)4-8-22-9-5-15/h1-3,19H,4-10H2,(H,18,20). The molecule has 1 aliphatic rings. The third-order valence-corrected chi connectivity index (χ3v) is 4.97. The summed E-state index contributed by atoms with van der Waals surface area (Å²) in [6.07, 6.45) is 1.56. The van der Waals surface area contributed by atoms with Crippen molar-refractivity contribution in [1.29, 1.82) is 0 Å². The lowest BCUT2D eigenvalue weighted by molar-refractivity contribution is -0.0608. The van der Waals surface area contributed by atoms with Crippen LogP contribution in [0.3, 0.4) is 0 Å². The van der Waals surface area contributed by atoms with E-state index in [0.717, 1.165) is 24.3 Å². The maximum absolute atomic E-state index is 13.8. The summed E-state index contributed by atoms with van der Waals surface area (Å²) in [5.74, 6) is 0.673. The van der Waals surface area contributed by atoms with Crippen LogP contribution in [0.5, 0.6) is 0 Å². The molecule has 0 bridgehead atoms. The van der Waals surface area contributed by atoms with Gasteiger partial charge in [-0.05, 0) is 36.5 Å². The summed E-state index contributed by atoms with van der Waals surface area (Å²) < 4.78 is 19.5. The number of aliphatic hydroxyl groups excluding tert-OH is 1. The van der Waals surface area contributed by atoms with E-state index >= 15 is 0 Å². The Morgan fingerprint density at radius 2 is 2.18 bits per heavy atom. The number of benzene rings is 1. The van der Waals surface area contributed by atoms with Gasteiger partial charge in [0.2, 0.25) is 0 Å². The molecule has 4 nitrogen and oxygen atoms in total. The molecule has 0 aromatic heterocycles. The zero-order valence-corrected chi connectivity index (χ0v) is 13.7. The number of hydrogen-bond donors (Lipinski definition) is 2. The minimum atomic E-state index is -0.644. The Balaban J connectivity index is 2.04. The second-order valence-electron chi connectivity index (χ2n) is 5.15. The van der Waals surface area contributed by atoms with Crippen molar-refractivity contribution in [2.24, 2.45) is 0 Å². The van der Waals surface area contributed by atoms with Crippen LogP contribution in [0.25, 0.3) is 0 Å². The Hall–Kier alpha value is -0.820. The Labute approximate surface area is 138 Å². The van der Waals surface area contributed by atoms with Crippen LogP contribution < -0.4 is 5.32 Å². The Morgan fingerprint density at radius 3 is 2.82 bits per heavy atom. The number of hydrogen-bond acceptors (Lipinski definition) is 4. The first kappa shape index (κ1) is 17.5. The highest BCUT2D eigenvalue weighted by molar-refractivity contribution is 7.99. The normalized spacial score (nSPS) is 17.2. The summed E-state index contributed by atoms with van der Waals surface area (Å²) in [5, 5.41) is 11.8. The van der Waals surface area contributed by atoms with Gasteiger partial charge >= 0.3 is 0 Å². The summed E-state index contributed by atoms with van der Waals surface area (Å²) >= 11 is 7.73. The first-order valence-corrected chi connectivity index (χ1v) is 8.66. The number of nitrogens with one attached hydrogen (secondary N) is 1. The molecule has 1 amide bonds. The monoisotopic (exact) mass is 347 g/mol. The van der Waals surface area contributed by atoms with Crippen molar-refractivity contribution in [3.8, 4) is 0 Å². The molecule has 22 heavy (non-hydrogen) atoms. The van der Waals surface area contributed by atoms with Crippen molar-refractivity contribution in [2.75, 3.05) is 31.3 Å². The lowest BCUT2D eigenvalue weighted by atomic mass is 9.96. The number of amides is 1. The van der Waals surface area contributed by atoms with Crippen molar-refractivity contribution < 1.29 is 19.0 Å². The van der Waals surface area contributed by atoms with E-state index in [0.29, 0.717) is 0 Å². The first-order chi connectivity index (χ1) is 10.6. The molecule has 0 spiro atoms. The van der Waals surface area contributed by atoms with E-state index in [1.165, 1.54) is 18.2 Å². The largest absolute Gasteiger partial charge is 0.394 e. The highest BCUT2D eigenvalue weighted by atomic mass is 35.5. The van der Waals surface area contributed by atoms with E-state index in [1.54, 1.807) is 0 Å². The maximum Gasteiger partial charge on any atom is 0.255 e. The lowest BCUT2D eigenvalue weighted by Crippen LogP contribution is -2.48. The molecular formula is C15H19ClFNO3S. The number of rotatable bonds is 6. The highest BCUT2D eigenvalue weighted by Crippen LogP contribution is 2.30. The Kier molecular flexibility index (Phi) is 6.50. The van der Waals surface area contributed by atoms with Gasteiger partial charge in [0.05, 0.1) is 29.4 Å². The van der Waals surface area contributed by atoms with Crippen LogP contribution in [0.15, 0.2) is 18.2 Å². The van der Waals surface area contributed by atoms with E-state index in [1.807, 2.05) is 11.8 Å². The topological polar surface area (TPSA) is 58.6 Å². The molecule has 1 saturated heterocycles. The molecule has 1 aliphatic heterocycles. The molecule has 1 aromatic rings. The molecule has 2 rings (SSSR count). The summed E-state index contributed by atoms with van der Waals surface area (Å²) in [6, 6.07) is 4.14. The van der Waals surface area contributed by atoms with Gasteiger partial charge in [0.25, 0.3) is 5.91 Å². The van der Waals surface area contributed by atoms with E-state index < -0.39 is 17.3 Å². The van der Waals surface area contributed by atoms with Crippen LogP contribution >= 0.6 is 23.4 Å². The summed E-state index contributed by atoms with van der Waals surface area (Å²) in [7, 11) is 0. The minimum Gasteiger partial charge on any atom is -0.394 e. The fraction of sp³-hybridized carbons (Fsp3) is 0.533. The third-order valence-electron chi connectivity index (χ3n) is 3.66. The summed E-state index contributed by atoms with van der Waals surface area (Å²) in [6.45, 7) is 0.431. The minimum absolute atomic E-state index is 0.0675. The van der Waals surface area contributed by atoms with Gasteiger partial charge in [-0.1, -0.05) is 17.7 Å². The molecule has 122 valence electrons. The van der Waals surface area contributed by atoms with E-state index in [2.05, 4.69) is 5.32 Å². The average Bonchev–Trinajstić information content (AvgIpc) is 2.52. The van der Waals surface area contributed by atoms with Crippen LogP contribution in [0.4, 0.5) is 4.39 Å². The SMILES string of the molecule is O=C(NCC1(OCCO)CCSCC1)c1c(F)cccc1Cl. The van der Waals surface area contributed by atoms with Gasteiger partial charge in [-0.3, -0.25) is 4.79 Å². The number of halogens is 2. The average molecular weight is 348 g/mol. The van der Waals surface area contributed by atoms with E-state index in [9.17, 15) is 9.18 Å². The molecule has 1 fully saturated rings. The number of carbonyl (C=O) groups is 1. The fourth-order valence-electron chi connectivity index (χ4n) is 2.42. The van der Waals surface area contributed by atoms with Crippen LogP contribution in [-0.4, -0.2) is 47.9 Å². The Morgan fingerprint density at radius 1 is 1.45 bits per heavy atom. The first-order valence-electron chi connectivity index (χ1n) is 7.13. The Bertz CT molecular complexity index is 503. The van der Waals surface area contributed by atoms with Gasteiger partial charge in [0.1, 0.15) is 5.82 Å². The second kappa shape index (κ2) is 8.15. The van der Waals surface area contributed by atoms with Crippen molar-refractivity contribution >= 4 is 29.3 Å². The molecule has 0 aliphatic carbocycles. The number of ether oxygens (including phenoxy) is 1. The molecule has 0 atom stereocenters. The number of aliphatic hydroxyl groups is 1. The smallest absolute Gasteiger partial charge is 0.255 e. The number of thioether (sulfide) groups is 1. The van der Waals surface area contributed by atoms with Crippen LogP contribution in [-0.2, 0) is 4.74 Å². The van der Waals surface area contributed by atoms with Crippen molar-refractivity contribution in [3.05, 3.63) is 34.6 Å². The third kappa shape index (κ3) is 4.35. The van der Waals surface area contributed by atoms with Gasteiger partial charge in [-0.15, -0.1) is 0 Å². The zero-order valence-electron chi connectivity index (χ0n) is 12.1. The van der Waals surface area contributed by atoms with E-state index in [4.69, 9.17) is 21.4 Å². The number of carbonyl (C=O) groups excluding carboxylic acids is 1. The van der Waals surface area contributed by atoms with Crippen LogP contribution in [0.1, 0.15) is 23.2 Å². The van der Waals surface area contributed by atoms with Crippen molar-refractivity contribution in [2.45, 2.75) is 18.4 Å². The highest BCUT2D eigenvalue weighted by Gasteiger charge is 2.34. The predicted octanol–water partition coefficient (Wildman–Crippen LogP) is 2.48. The van der Waals surface area contributed by atoms with Gasteiger partial charge in [-0.2, -0.15) is 11.8 Å². The summed E-state index contributed by atoms with van der Waals surface area (Å²) in [5.41, 5.74) is -0.645. The van der Waals surface area contributed by atoms with Crippen LogP contribution in [0.2, 0.25) is 5.02 Å². The van der Waals surface area contributed by atoms with Gasteiger partial charge < -0.3 is 15.2 Å². The molecule has 0 saturated carbocycles. The molecule has 7 heteroatoms. The maximum atomic E-state index is 13.8. The van der Waals surface area contributed by atoms with Gasteiger partial charge in [0.15, 0.2) is 0 Å². The summed E-state index contributed by atoms with van der Waals surface area (Å²) in [4.78, 5) is 12.2.